The third kappa shape index (κ3) is 5.73. The standard InChI is InChI=1S/C27H27N3O3/c31-25(30-17-15-29(16-18-30)20-21-9-3-1-4-10-21)19-28-27(33)24-14-8-7-13-23(24)26(32)22-11-5-2-6-12-22/h1-14H,15-20H2,(H,28,33). The molecule has 6 nitrogen and oxygen atoms in total. The highest BCUT2D eigenvalue weighted by molar-refractivity contribution is 6.15. The van der Waals surface area contributed by atoms with E-state index in [1.54, 1.807) is 53.4 Å². The number of ketones is 1. The van der Waals surface area contributed by atoms with Crippen molar-refractivity contribution in [2.75, 3.05) is 32.7 Å². The molecule has 3 aromatic carbocycles. The van der Waals surface area contributed by atoms with Crippen LogP contribution in [-0.4, -0.2) is 60.1 Å². The summed E-state index contributed by atoms with van der Waals surface area (Å²) in [6.07, 6.45) is 0. The van der Waals surface area contributed by atoms with Crippen LogP contribution in [0.4, 0.5) is 0 Å². The zero-order chi connectivity index (χ0) is 23.0. The van der Waals surface area contributed by atoms with Gasteiger partial charge in [-0.25, -0.2) is 0 Å². The molecule has 1 heterocycles. The number of carbonyl (C=O) groups excluding carboxylic acids is 3. The summed E-state index contributed by atoms with van der Waals surface area (Å²) in [5, 5.41) is 2.70. The van der Waals surface area contributed by atoms with Gasteiger partial charge < -0.3 is 10.2 Å². The molecule has 0 bridgehead atoms. The Morgan fingerprint density at radius 2 is 1.27 bits per heavy atom. The molecule has 1 fully saturated rings. The van der Waals surface area contributed by atoms with Crippen LogP contribution >= 0.6 is 0 Å². The fourth-order valence-corrected chi connectivity index (χ4v) is 3.98. The van der Waals surface area contributed by atoms with Crippen LogP contribution < -0.4 is 5.32 Å². The normalized spacial score (nSPS) is 14.0. The second-order valence-electron chi connectivity index (χ2n) is 8.07. The zero-order valence-electron chi connectivity index (χ0n) is 18.4. The fraction of sp³-hybridized carbons (Fsp3) is 0.222. The van der Waals surface area contributed by atoms with Gasteiger partial charge in [0.2, 0.25) is 5.91 Å². The van der Waals surface area contributed by atoms with Gasteiger partial charge in [-0.1, -0.05) is 78.9 Å². The van der Waals surface area contributed by atoms with E-state index in [-0.39, 0.29) is 23.8 Å². The summed E-state index contributed by atoms with van der Waals surface area (Å²) < 4.78 is 0. The molecular formula is C27H27N3O3. The fourth-order valence-electron chi connectivity index (χ4n) is 3.98. The van der Waals surface area contributed by atoms with Gasteiger partial charge >= 0.3 is 0 Å². The first-order valence-electron chi connectivity index (χ1n) is 11.1. The molecule has 3 aromatic rings. The van der Waals surface area contributed by atoms with E-state index < -0.39 is 5.91 Å². The number of nitrogens with one attached hydrogen (secondary N) is 1. The number of carbonyl (C=O) groups is 3. The van der Waals surface area contributed by atoms with Gasteiger partial charge in [0.25, 0.3) is 5.91 Å². The summed E-state index contributed by atoms with van der Waals surface area (Å²) in [6, 6.07) is 25.8. The average molecular weight is 442 g/mol. The Balaban J connectivity index is 1.31. The molecular weight excluding hydrogens is 414 g/mol. The van der Waals surface area contributed by atoms with E-state index in [1.165, 1.54) is 5.56 Å². The van der Waals surface area contributed by atoms with Gasteiger partial charge in [-0.3, -0.25) is 19.3 Å². The minimum atomic E-state index is -0.425. The lowest BCUT2D eigenvalue weighted by Crippen LogP contribution is -2.50. The van der Waals surface area contributed by atoms with Crippen molar-refractivity contribution in [2.24, 2.45) is 0 Å². The van der Waals surface area contributed by atoms with Gasteiger partial charge in [0.1, 0.15) is 0 Å². The Morgan fingerprint density at radius 1 is 0.697 bits per heavy atom. The lowest BCUT2D eigenvalue weighted by atomic mass is 9.98. The molecule has 0 atom stereocenters. The van der Waals surface area contributed by atoms with Crippen molar-refractivity contribution in [3.8, 4) is 0 Å². The van der Waals surface area contributed by atoms with Crippen molar-refractivity contribution >= 4 is 17.6 Å². The first-order chi connectivity index (χ1) is 16.1. The Hall–Kier alpha value is -3.77. The molecule has 4 rings (SSSR count). The topological polar surface area (TPSA) is 69.7 Å². The summed E-state index contributed by atoms with van der Waals surface area (Å²) in [4.78, 5) is 42.4. The highest BCUT2D eigenvalue weighted by atomic mass is 16.2. The minimum absolute atomic E-state index is 0.0919. The number of hydrogen-bond donors (Lipinski definition) is 1. The summed E-state index contributed by atoms with van der Waals surface area (Å²) in [6.45, 7) is 3.62. The van der Waals surface area contributed by atoms with Crippen LogP contribution in [0, 0.1) is 0 Å². The lowest BCUT2D eigenvalue weighted by Gasteiger charge is -2.34. The van der Waals surface area contributed by atoms with Gasteiger partial charge in [-0.2, -0.15) is 0 Å². The van der Waals surface area contributed by atoms with E-state index in [9.17, 15) is 14.4 Å². The Labute approximate surface area is 193 Å². The third-order valence-electron chi connectivity index (χ3n) is 5.83. The largest absolute Gasteiger partial charge is 0.343 e. The van der Waals surface area contributed by atoms with Crippen LogP contribution in [0.2, 0.25) is 0 Å². The lowest BCUT2D eigenvalue weighted by molar-refractivity contribution is -0.131. The predicted molar refractivity (Wildman–Crippen MR) is 127 cm³/mol. The maximum absolute atomic E-state index is 12.9. The van der Waals surface area contributed by atoms with Crippen LogP contribution in [0.3, 0.4) is 0 Å². The zero-order valence-corrected chi connectivity index (χ0v) is 18.4. The highest BCUT2D eigenvalue weighted by Crippen LogP contribution is 2.15. The summed E-state index contributed by atoms with van der Waals surface area (Å²) in [5.41, 5.74) is 2.37. The maximum atomic E-state index is 12.9. The second kappa shape index (κ2) is 10.7. The average Bonchev–Trinajstić information content (AvgIpc) is 2.88. The van der Waals surface area contributed by atoms with Crippen molar-refractivity contribution in [2.45, 2.75) is 6.54 Å². The number of rotatable bonds is 7. The molecule has 0 radical (unpaired) electrons. The first kappa shape index (κ1) is 22.4. The number of amides is 2. The SMILES string of the molecule is O=C(NCC(=O)N1CCN(Cc2ccccc2)CC1)c1ccccc1C(=O)c1ccccc1. The van der Waals surface area contributed by atoms with Crippen LogP contribution in [-0.2, 0) is 11.3 Å². The first-order valence-corrected chi connectivity index (χ1v) is 11.1. The molecule has 33 heavy (non-hydrogen) atoms. The van der Waals surface area contributed by atoms with E-state index in [0.717, 1.165) is 19.6 Å². The number of benzene rings is 3. The van der Waals surface area contributed by atoms with E-state index in [0.29, 0.717) is 24.2 Å². The Morgan fingerprint density at radius 3 is 1.94 bits per heavy atom. The van der Waals surface area contributed by atoms with Gasteiger partial charge in [0.15, 0.2) is 5.78 Å². The third-order valence-corrected chi connectivity index (χ3v) is 5.83. The van der Waals surface area contributed by atoms with Crippen molar-refractivity contribution in [3.05, 3.63) is 107 Å². The van der Waals surface area contributed by atoms with E-state index in [1.807, 2.05) is 24.3 Å². The van der Waals surface area contributed by atoms with E-state index in [4.69, 9.17) is 0 Å². The maximum Gasteiger partial charge on any atom is 0.252 e. The van der Waals surface area contributed by atoms with E-state index in [2.05, 4.69) is 22.3 Å². The number of piperazine rings is 1. The summed E-state index contributed by atoms with van der Waals surface area (Å²) in [7, 11) is 0. The monoisotopic (exact) mass is 441 g/mol. The molecule has 2 amide bonds. The summed E-state index contributed by atoms with van der Waals surface area (Å²) in [5.74, 6) is -0.761. The molecule has 0 unspecified atom stereocenters. The number of nitrogens with zero attached hydrogens (tertiary/aromatic N) is 2. The van der Waals surface area contributed by atoms with Crippen molar-refractivity contribution < 1.29 is 14.4 Å². The molecule has 0 aromatic heterocycles. The summed E-state index contributed by atoms with van der Waals surface area (Å²) >= 11 is 0. The van der Waals surface area contributed by atoms with Crippen LogP contribution in [0.1, 0.15) is 31.8 Å². The molecule has 1 aliphatic rings. The molecule has 6 heteroatoms. The van der Waals surface area contributed by atoms with Crippen LogP contribution in [0.15, 0.2) is 84.9 Å². The number of hydrogen-bond acceptors (Lipinski definition) is 4. The van der Waals surface area contributed by atoms with Crippen molar-refractivity contribution in [1.82, 2.24) is 15.1 Å². The van der Waals surface area contributed by atoms with Crippen LogP contribution in [0.25, 0.3) is 0 Å². The predicted octanol–water partition coefficient (Wildman–Crippen LogP) is 2.99. The van der Waals surface area contributed by atoms with E-state index >= 15 is 0 Å². The molecule has 1 N–H and O–H groups in total. The second-order valence-corrected chi connectivity index (χ2v) is 8.07. The van der Waals surface area contributed by atoms with Crippen molar-refractivity contribution in [3.63, 3.8) is 0 Å². The molecule has 0 aliphatic carbocycles. The Kier molecular flexibility index (Phi) is 7.27. The molecule has 0 spiro atoms. The van der Waals surface area contributed by atoms with Gasteiger partial charge in [-0.05, 0) is 11.6 Å². The minimum Gasteiger partial charge on any atom is -0.343 e. The Bertz CT molecular complexity index is 1110. The molecule has 0 saturated carbocycles. The molecule has 1 aliphatic heterocycles. The quantitative estimate of drug-likeness (QED) is 0.573. The van der Waals surface area contributed by atoms with Gasteiger partial charge in [0, 0.05) is 43.9 Å². The smallest absolute Gasteiger partial charge is 0.252 e. The van der Waals surface area contributed by atoms with Crippen LogP contribution in [0.5, 0.6) is 0 Å². The molecule has 1 saturated heterocycles. The molecule has 168 valence electrons. The van der Waals surface area contributed by atoms with Gasteiger partial charge in [-0.15, -0.1) is 0 Å². The van der Waals surface area contributed by atoms with Crippen molar-refractivity contribution in [1.29, 1.82) is 0 Å². The highest BCUT2D eigenvalue weighted by Gasteiger charge is 2.23. The van der Waals surface area contributed by atoms with Gasteiger partial charge in [0.05, 0.1) is 12.1 Å².